The van der Waals surface area contributed by atoms with Crippen molar-refractivity contribution in [2.24, 2.45) is 0 Å². The molecule has 0 amide bonds. The molecule has 0 unspecified atom stereocenters. The van der Waals surface area contributed by atoms with E-state index in [1.807, 2.05) is 31.2 Å². The topological polar surface area (TPSA) is 64.0 Å². The second kappa shape index (κ2) is 6.28. The van der Waals surface area contributed by atoms with Crippen molar-refractivity contribution in [3.63, 3.8) is 0 Å². The summed E-state index contributed by atoms with van der Waals surface area (Å²) in [6.45, 7) is 3.86. The molecule has 4 rings (SSSR count). The fraction of sp³-hybridized carbons (Fsp3) is 0.316. The Balaban J connectivity index is 1.88. The van der Waals surface area contributed by atoms with Crippen LogP contribution in [0.25, 0.3) is 11.0 Å². The lowest BCUT2D eigenvalue weighted by molar-refractivity contribution is 0.462. The molecule has 1 aliphatic heterocycles. The molecule has 0 atom stereocenters. The number of nitrogens with one attached hydrogen (secondary N) is 1. The molecule has 1 aromatic carbocycles. The molecule has 130 valence electrons. The molecule has 1 fully saturated rings. The number of hydrogen-bond acceptors (Lipinski definition) is 4. The summed E-state index contributed by atoms with van der Waals surface area (Å²) in [7, 11) is -3.66. The first-order valence-corrected chi connectivity index (χ1v) is 10.0. The molecule has 0 saturated carbocycles. The lowest BCUT2D eigenvalue weighted by Crippen LogP contribution is -2.26. The van der Waals surface area contributed by atoms with Crippen LogP contribution < -0.4 is 5.32 Å². The fourth-order valence-electron chi connectivity index (χ4n) is 3.52. The van der Waals surface area contributed by atoms with Crippen molar-refractivity contribution < 1.29 is 8.42 Å². The molecule has 2 aromatic heterocycles. The Morgan fingerprint density at radius 1 is 1.12 bits per heavy atom. The van der Waals surface area contributed by atoms with E-state index in [0.717, 1.165) is 42.4 Å². The summed E-state index contributed by atoms with van der Waals surface area (Å²) in [5.74, 6) is 0.363. The van der Waals surface area contributed by atoms with Crippen LogP contribution in [0.2, 0.25) is 0 Å². The van der Waals surface area contributed by atoms with E-state index in [2.05, 4.69) is 10.3 Å². The fourth-order valence-corrected chi connectivity index (χ4v) is 4.85. The smallest absolute Gasteiger partial charge is 0.269 e. The summed E-state index contributed by atoms with van der Waals surface area (Å²) in [5.41, 5.74) is 2.63. The second-order valence-corrected chi connectivity index (χ2v) is 8.41. The third-order valence-electron chi connectivity index (χ3n) is 4.92. The molecule has 3 heterocycles. The molecule has 6 heteroatoms. The molecule has 5 nitrogen and oxygen atoms in total. The Kier molecular flexibility index (Phi) is 4.09. The predicted molar refractivity (Wildman–Crippen MR) is 98.3 cm³/mol. The van der Waals surface area contributed by atoms with Crippen molar-refractivity contribution in [2.75, 3.05) is 13.1 Å². The Hall–Kier alpha value is -2.18. The normalized spacial score (nSPS) is 16.4. The van der Waals surface area contributed by atoms with Gasteiger partial charge in [-0.3, -0.25) is 0 Å². The van der Waals surface area contributed by atoms with E-state index in [9.17, 15) is 8.42 Å². The van der Waals surface area contributed by atoms with Gasteiger partial charge in [0.25, 0.3) is 10.0 Å². The van der Waals surface area contributed by atoms with Gasteiger partial charge in [0.15, 0.2) is 5.65 Å². The maximum absolute atomic E-state index is 13.2. The van der Waals surface area contributed by atoms with Gasteiger partial charge in [-0.1, -0.05) is 17.7 Å². The maximum atomic E-state index is 13.2. The van der Waals surface area contributed by atoms with Crippen molar-refractivity contribution in [2.45, 2.75) is 30.6 Å². The van der Waals surface area contributed by atoms with Crippen molar-refractivity contribution in [1.29, 1.82) is 0 Å². The maximum Gasteiger partial charge on any atom is 0.269 e. The van der Waals surface area contributed by atoms with Crippen LogP contribution in [-0.2, 0) is 10.0 Å². The molecule has 3 aromatic rings. The van der Waals surface area contributed by atoms with Gasteiger partial charge in [0.05, 0.1) is 4.90 Å². The van der Waals surface area contributed by atoms with Gasteiger partial charge >= 0.3 is 0 Å². The Labute approximate surface area is 147 Å². The van der Waals surface area contributed by atoms with E-state index < -0.39 is 10.0 Å². The third kappa shape index (κ3) is 2.85. The first kappa shape index (κ1) is 16.3. The van der Waals surface area contributed by atoms with Gasteiger partial charge in [-0.15, -0.1) is 0 Å². The Morgan fingerprint density at radius 3 is 2.56 bits per heavy atom. The number of nitrogens with zero attached hydrogens (tertiary/aromatic N) is 2. The average molecular weight is 355 g/mol. The minimum absolute atomic E-state index is 0.289. The van der Waals surface area contributed by atoms with Gasteiger partial charge in [-0.05, 0) is 68.6 Å². The van der Waals surface area contributed by atoms with Gasteiger partial charge < -0.3 is 5.32 Å². The summed E-state index contributed by atoms with van der Waals surface area (Å²) in [6, 6.07) is 10.8. The number of hydrogen-bond donors (Lipinski definition) is 1. The first-order valence-electron chi connectivity index (χ1n) is 8.56. The summed E-state index contributed by atoms with van der Waals surface area (Å²) >= 11 is 0. The molecular formula is C19H21N3O2S. The van der Waals surface area contributed by atoms with Crippen molar-refractivity contribution >= 4 is 21.1 Å². The van der Waals surface area contributed by atoms with Crippen LogP contribution in [0.5, 0.6) is 0 Å². The number of aromatic nitrogens is 2. The van der Waals surface area contributed by atoms with E-state index in [0.29, 0.717) is 11.6 Å². The van der Waals surface area contributed by atoms with Crippen LogP contribution in [-0.4, -0.2) is 30.5 Å². The lowest BCUT2D eigenvalue weighted by atomic mass is 9.90. The first-order chi connectivity index (χ1) is 12.1. The molecule has 1 N–H and O–H groups in total. The minimum atomic E-state index is -3.66. The van der Waals surface area contributed by atoms with Crippen LogP contribution in [0.15, 0.2) is 53.7 Å². The number of rotatable bonds is 3. The molecular weight excluding hydrogens is 334 g/mol. The van der Waals surface area contributed by atoms with Crippen molar-refractivity contribution in [3.05, 3.63) is 59.9 Å². The van der Waals surface area contributed by atoms with Crippen LogP contribution in [0, 0.1) is 6.92 Å². The SMILES string of the molecule is Cc1ccc(S(=O)(=O)n2cc(C3CCNCC3)c3cccnc32)cc1. The van der Waals surface area contributed by atoms with E-state index in [1.54, 1.807) is 24.5 Å². The van der Waals surface area contributed by atoms with Gasteiger partial charge in [0, 0.05) is 17.8 Å². The second-order valence-electron chi connectivity index (χ2n) is 6.60. The largest absolute Gasteiger partial charge is 0.317 e. The highest BCUT2D eigenvalue weighted by Gasteiger charge is 2.26. The van der Waals surface area contributed by atoms with E-state index in [-0.39, 0.29) is 4.90 Å². The number of fused-ring (bicyclic) bond motifs is 1. The monoisotopic (exact) mass is 355 g/mol. The minimum Gasteiger partial charge on any atom is -0.317 e. The van der Waals surface area contributed by atoms with E-state index >= 15 is 0 Å². The van der Waals surface area contributed by atoms with Gasteiger partial charge in [-0.25, -0.2) is 17.4 Å². The lowest BCUT2D eigenvalue weighted by Gasteiger charge is -2.22. The molecule has 1 aliphatic rings. The Bertz CT molecular complexity index is 1000. The van der Waals surface area contributed by atoms with Crippen molar-refractivity contribution in [3.8, 4) is 0 Å². The van der Waals surface area contributed by atoms with Crippen LogP contribution in [0.1, 0.15) is 29.9 Å². The predicted octanol–water partition coefficient (Wildman–Crippen LogP) is 3.05. The zero-order chi connectivity index (χ0) is 17.4. The third-order valence-corrected chi connectivity index (χ3v) is 6.58. The Morgan fingerprint density at radius 2 is 1.84 bits per heavy atom. The zero-order valence-corrected chi connectivity index (χ0v) is 15.0. The molecule has 0 radical (unpaired) electrons. The highest BCUT2D eigenvalue weighted by molar-refractivity contribution is 7.90. The van der Waals surface area contributed by atoms with Gasteiger partial charge in [0.1, 0.15) is 0 Å². The average Bonchev–Trinajstić information content (AvgIpc) is 3.03. The number of pyridine rings is 1. The highest BCUT2D eigenvalue weighted by Crippen LogP contribution is 2.33. The van der Waals surface area contributed by atoms with E-state index in [4.69, 9.17) is 0 Å². The number of aryl methyl sites for hydroxylation is 1. The van der Waals surface area contributed by atoms with Gasteiger partial charge in [-0.2, -0.15) is 0 Å². The number of benzene rings is 1. The summed E-state index contributed by atoms with van der Waals surface area (Å²) < 4.78 is 27.7. The zero-order valence-electron chi connectivity index (χ0n) is 14.1. The standard InChI is InChI=1S/C19H21N3O2S/c1-14-4-6-16(7-5-14)25(23,24)22-13-18(15-8-11-20-12-9-15)17-3-2-10-21-19(17)22/h2-7,10,13,15,20H,8-9,11-12H2,1H3. The summed E-state index contributed by atoms with van der Waals surface area (Å²) in [4.78, 5) is 4.66. The van der Waals surface area contributed by atoms with Crippen LogP contribution >= 0.6 is 0 Å². The highest BCUT2D eigenvalue weighted by atomic mass is 32.2. The molecule has 0 bridgehead atoms. The number of piperidine rings is 1. The van der Waals surface area contributed by atoms with Gasteiger partial charge in [0.2, 0.25) is 0 Å². The quantitative estimate of drug-likeness (QED) is 0.784. The molecule has 25 heavy (non-hydrogen) atoms. The van der Waals surface area contributed by atoms with Crippen molar-refractivity contribution in [1.82, 2.24) is 14.3 Å². The van der Waals surface area contributed by atoms with Crippen LogP contribution in [0.3, 0.4) is 0 Å². The molecule has 0 spiro atoms. The molecule has 1 saturated heterocycles. The van der Waals surface area contributed by atoms with E-state index in [1.165, 1.54) is 3.97 Å². The summed E-state index contributed by atoms with van der Waals surface area (Å²) in [5, 5.41) is 4.30. The van der Waals surface area contributed by atoms with Crippen LogP contribution in [0.4, 0.5) is 0 Å². The summed E-state index contributed by atoms with van der Waals surface area (Å²) in [6.07, 6.45) is 5.45. The molecule has 0 aliphatic carbocycles.